The average Bonchev–Trinajstić information content (AvgIpc) is 2.45. The molecule has 1 aromatic carbocycles. The van der Waals surface area contributed by atoms with Gasteiger partial charge in [0.1, 0.15) is 11.9 Å². The molecule has 126 valence electrons. The van der Waals surface area contributed by atoms with E-state index in [2.05, 4.69) is 0 Å². The number of rotatable bonds is 9. The summed E-state index contributed by atoms with van der Waals surface area (Å²) < 4.78 is 5.39. The van der Waals surface area contributed by atoms with Crippen LogP contribution in [0.1, 0.15) is 45.6 Å². The normalized spacial score (nSPS) is 13.2. The summed E-state index contributed by atoms with van der Waals surface area (Å²) in [6, 6.07) is 6.26. The SMILES string of the molecule is CCCC(OC(C)=O)C(CC(C)=O)Cc1ccc([N+](=O)[O-])cc1. The van der Waals surface area contributed by atoms with Gasteiger partial charge in [0.25, 0.3) is 5.69 Å². The Morgan fingerprint density at radius 3 is 2.26 bits per heavy atom. The number of benzene rings is 1. The topological polar surface area (TPSA) is 86.5 Å². The number of Topliss-reactive ketones (excluding diaryl/α,β-unsaturated/α-hetero) is 1. The van der Waals surface area contributed by atoms with Gasteiger partial charge in [-0.05, 0) is 25.3 Å². The Hall–Kier alpha value is -2.24. The first-order valence-corrected chi connectivity index (χ1v) is 7.73. The lowest BCUT2D eigenvalue weighted by Crippen LogP contribution is -2.29. The lowest BCUT2D eigenvalue weighted by atomic mass is 9.87. The van der Waals surface area contributed by atoms with Crippen molar-refractivity contribution in [3.63, 3.8) is 0 Å². The van der Waals surface area contributed by atoms with Gasteiger partial charge >= 0.3 is 5.97 Å². The van der Waals surface area contributed by atoms with Crippen LogP contribution in [0.25, 0.3) is 0 Å². The quantitative estimate of drug-likeness (QED) is 0.395. The first-order valence-electron chi connectivity index (χ1n) is 7.73. The fourth-order valence-electron chi connectivity index (χ4n) is 2.65. The maximum atomic E-state index is 11.6. The number of ether oxygens (including phenoxy) is 1. The van der Waals surface area contributed by atoms with Crippen LogP contribution in [0, 0.1) is 16.0 Å². The zero-order valence-corrected chi connectivity index (χ0v) is 13.8. The molecule has 0 aromatic heterocycles. The Morgan fingerprint density at radius 2 is 1.83 bits per heavy atom. The van der Waals surface area contributed by atoms with Crippen LogP contribution >= 0.6 is 0 Å². The molecule has 0 saturated heterocycles. The van der Waals surface area contributed by atoms with Crippen LogP contribution in [0.15, 0.2) is 24.3 Å². The second-order valence-corrected chi connectivity index (χ2v) is 5.73. The van der Waals surface area contributed by atoms with Gasteiger partial charge in [0.2, 0.25) is 0 Å². The van der Waals surface area contributed by atoms with Gasteiger partial charge in [-0.1, -0.05) is 25.5 Å². The number of nitrogens with zero attached hydrogens (tertiary/aromatic N) is 1. The highest BCUT2D eigenvalue weighted by molar-refractivity contribution is 5.76. The van der Waals surface area contributed by atoms with E-state index in [0.717, 1.165) is 12.0 Å². The van der Waals surface area contributed by atoms with Gasteiger partial charge in [0.15, 0.2) is 0 Å². The molecule has 2 atom stereocenters. The second-order valence-electron chi connectivity index (χ2n) is 5.73. The number of hydrogen-bond acceptors (Lipinski definition) is 5. The molecule has 23 heavy (non-hydrogen) atoms. The molecule has 1 aromatic rings. The van der Waals surface area contributed by atoms with Gasteiger partial charge in [-0.15, -0.1) is 0 Å². The Balaban J connectivity index is 2.92. The van der Waals surface area contributed by atoms with Crippen LogP contribution < -0.4 is 0 Å². The zero-order chi connectivity index (χ0) is 17.4. The number of esters is 1. The fraction of sp³-hybridized carbons (Fsp3) is 0.529. The molecule has 0 fully saturated rings. The van der Waals surface area contributed by atoms with Crippen LogP contribution in [-0.4, -0.2) is 22.8 Å². The Kier molecular flexibility index (Phi) is 7.38. The third-order valence-electron chi connectivity index (χ3n) is 3.61. The minimum atomic E-state index is -0.449. The van der Waals surface area contributed by atoms with E-state index in [1.54, 1.807) is 12.1 Å². The number of hydrogen-bond donors (Lipinski definition) is 0. The summed E-state index contributed by atoms with van der Waals surface area (Å²) in [6.07, 6.45) is 2.05. The first kappa shape index (κ1) is 18.8. The van der Waals surface area contributed by atoms with Crippen molar-refractivity contribution in [1.82, 2.24) is 0 Å². The highest BCUT2D eigenvalue weighted by atomic mass is 16.6. The molecule has 0 bridgehead atoms. The highest BCUT2D eigenvalue weighted by Crippen LogP contribution is 2.24. The van der Waals surface area contributed by atoms with Crippen molar-refractivity contribution >= 4 is 17.4 Å². The molecule has 0 amide bonds. The molecule has 0 aliphatic carbocycles. The second kappa shape index (κ2) is 9.02. The van der Waals surface area contributed by atoms with Gasteiger partial charge < -0.3 is 9.53 Å². The molecule has 6 nitrogen and oxygen atoms in total. The van der Waals surface area contributed by atoms with Gasteiger partial charge in [-0.2, -0.15) is 0 Å². The van der Waals surface area contributed by atoms with Crippen LogP contribution in [-0.2, 0) is 20.7 Å². The van der Waals surface area contributed by atoms with Gasteiger partial charge in [-0.25, -0.2) is 0 Å². The molecule has 1 rings (SSSR count). The van der Waals surface area contributed by atoms with E-state index >= 15 is 0 Å². The highest BCUT2D eigenvalue weighted by Gasteiger charge is 2.25. The van der Waals surface area contributed by atoms with E-state index < -0.39 is 4.92 Å². The maximum Gasteiger partial charge on any atom is 0.302 e. The van der Waals surface area contributed by atoms with E-state index in [1.165, 1.54) is 26.0 Å². The van der Waals surface area contributed by atoms with Gasteiger partial charge in [-0.3, -0.25) is 14.9 Å². The molecule has 2 unspecified atom stereocenters. The van der Waals surface area contributed by atoms with Crippen LogP contribution in [0.3, 0.4) is 0 Å². The van der Waals surface area contributed by atoms with Crippen molar-refractivity contribution in [2.45, 2.75) is 52.6 Å². The van der Waals surface area contributed by atoms with Crippen LogP contribution in [0.5, 0.6) is 0 Å². The predicted octanol–water partition coefficient (Wildman–Crippen LogP) is 3.46. The molecule has 0 saturated carbocycles. The van der Waals surface area contributed by atoms with Crippen LogP contribution in [0.2, 0.25) is 0 Å². The van der Waals surface area contributed by atoms with Gasteiger partial charge in [0, 0.05) is 31.4 Å². The van der Waals surface area contributed by atoms with Crippen molar-refractivity contribution in [2.24, 2.45) is 5.92 Å². The standard InChI is InChI=1S/C17H23NO5/c1-4-5-17(23-13(3)20)15(10-12(2)19)11-14-6-8-16(9-7-14)18(21)22/h6-9,15,17H,4-5,10-11H2,1-3H3. The molecular formula is C17H23NO5. The summed E-state index contributed by atoms with van der Waals surface area (Å²) in [5.41, 5.74) is 0.914. The molecule has 0 heterocycles. The molecule has 0 radical (unpaired) electrons. The zero-order valence-electron chi connectivity index (χ0n) is 13.8. The van der Waals surface area contributed by atoms with E-state index in [9.17, 15) is 19.7 Å². The lowest BCUT2D eigenvalue weighted by molar-refractivity contribution is -0.384. The molecule has 6 heteroatoms. The Morgan fingerprint density at radius 1 is 1.22 bits per heavy atom. The molecule has 0 spiro atoms. The van der Waals surface area contributed by atoms with E-state index in [4.69, 9.17) is 4.74 Å². The number of carbonyl (C=O) groups excluding carboxylic acids is 2. The monoisotopic (exact) mass is 321 g/mol. The van der Waals surface area contributed by atoms with Gasteiger partial charge in [0.05, 0.1) is 4.92 Å². The predicted molar refractivity (Wildman–Crippen MR) is 86.1 cm³/mol. The van der Waals surface area contributed by atoms with E-state index in [0.29, 0.717) is 19.3 Å². The number of ketones is 1. The number of carbonyl (C=O) groups is 2. The van der Waals surface area contributed by atoms with E-state index in [1.807, 2.05) is 6.92 Å². The third kappa shape index (κ3) is 6.59. The minimum absolute atomic E-state index is 0.0296. The lowest BCUT2D eigenvalue weighted by Gasteiger charge is -2.26. The van der Waals surface area contributed by atoms with E-state index in [-0.39, 0.29) is 29.5 Å². The minimum Gasteiger partial charge on any atom is -0.462 e. The largest absolute Gasteiger partial charge is 0.462 e. The summed E-state index contributed by atoms with van der Waals surface area (Å²) in [5.74, 6) is -0.455. The molecular weight excluding hydrogens is 298 g/mol. The van der Waals surface area contributed by atoms with Crippen molar-refractivity contribution in [2.75, 3.05) is 0 Å². The maximum absolute atomic E-state index is 11.6. The first-order chi connectivity index (χ1) is 10.8. The molecule has 0 aliphatic heterocycles. The molecule has 0 N–H and O–H groups in total. The molecule has 0 aliphatic rings. The summed E-state index contributed by atoms with van der Waals surface area (Å²) in [7, 11) is 0. The Bertz CT molecular complexity index is 553. The smallest absolute Gasteiger partial charge is 0.302 e. The van der Waals surface area contributed by atoms with Crippen molar-refractivity contribution in [1.29, 1.82) is 0 Å². The number of non-ortho nitro benzene ring substituents is 1. The fourth-order valence-corrected chi connectivity index (χ4v) is 2.65. The summed E-state index contributed by atoms with van der Waals surface area (Å²) in [6.45, 7) is 4.87. The summed E-state index contributed by atoms with van der Waals surface area (Å²) in [4.78, 5) is 33.1. The number of nitro groups is 1. The summed E-state index contributed by atoms with van der Waals surface area (Å²) >= 11 is 0. The average molecular weight is 321 g/mol. The summed E-state index contributed by atoms with van der Waals surface area (Å²) in [5, 5.41) is 10.7. The number of nitro benzene ring substituents is 1. The van der Waals surface area contributed by atoms with Crippen molar-refractivity contribution < 1.29 is 19.2 Å². The van der Waals surface area contributed by atoms with Crippen molar-refractivity contribution in [3.8, 4) is 0 Å². The third-order valence-corrected chi connectivity index (χ3v) is 3.61. The van der Waals surface area contributed by atoms with Crippen molar-refractivity contribution in [3.05, 3.63) is 39.9 Å². The Labute approximate surface area is 136 Å². The van der Waals surface area contributed by atoms with Crippen LogP contribution in [0.4, 0.5) is 5.69 Å².